The summed E-state index contributed by atoms with van der Waals surface area (Å²) in [5.74, 6) is 4.49. The molecule has 2 heterocycles. The smallest absolute Gasteiger partial charge is 0.262 e. The number of hydrogen-bond acceptors (Lipinski definition) is 6. The van der Waals surface area contributed by atoms with E-state index in [0.717, 1.165) is 42.8 Å². The van der Waals surface area contributed by atoms with E-state index in [2.05, 4.69) is 34.2 Å². The highest BCUT2D eigenvalue weighted by molar-refractivity contribution is 7.99. The van der Waals surface area contributed by atoms with Gasteiger partial charge in [-0.25, -0.2) is 4.21 Å². The summed E-state index contributed by atoms with van der Waals surface area (Å²) in [6, 6.07) is 11.6. The van der Waals surface area contributed by atoms with Crippen LogP contribution < -0.4 is 14.4 Å². The summed E-state index contributed by atoms with van der Waals surface area (Å²) in [6.45, 7) is 8.06. The van der Waals surface area contributed by atoms with E-state index in [1.165, 1.54) is 11.1 Å². The molecule has 1 amide bonds. The number of nitrogens with zero attached hydrogens (tertiary/aromatic N) is 1. The number of amides is 1. The molecular formula is C34H43ClN2O5S. The van der Waals surface area contributed by atoms with Gasteiger partial charge in [0.15, 0.2) is 0 Å². The number of rotatable bonds is 1. The number of carbonyl (C=O) groups excluding carboxylic acids is 1. The zero-order valence-electron chi connectivity index (χ0n) is 24.9. The Balaban J connectivity index is 1.43. The molecular weight excluding hydrogens is 584 g/mol. The fourth-order valence-corrected chi connectivity index (χ4v) is 9.61. The quantitative estimate of drug-likeness (QED) is 0.303. The van der Waals surface area contributed by atoms with Gasteiger partial charge < -0.3 is 19.8 Å². The van der Waals surface area contributed by atoms with Gasteiger partial charge in [0.1, 0.15) is 11.9 Å². The van der Waals surface area contributed by atoms with Crippen LogP contribution in [0.5, 0.6) is 5.75 Å². The maximum atomic E-state index is 13.7. The Morgan fingerprint density at radius 3 is 2.72 bits per heavy atom. The van der Waals surface area contributed by atoms with Crippen LogP contribution in [-0.4, -0.2) is 63.4 Å². The Kier molecular flexibility index (Phi) is 8.35. The fourth-order valence-electron chi connectivity index (χ4n) is 7.76. The molecule has 232 valence electrons. The predicted molar refractivity (Wildman–Crippen MR) is 174 cm³/mol. The first-order valence-corrected chi connectivity index (χ1v) is 17.7. The molecule has 6 rings (SSSR count). The standard InChI is InChI=1S/C34H43ClN2O5S/c1-4-26-10-13-30(38)32(39)21(2)27-11-7-24(27)18-37-19-34(15-5-6-22-16-25(35)9-12-28(22)34)20-42-31-14-8-23(17-29(31)37)33(40)36-43(26,3)41/h8-9,12,14,16-17,24,26-27,30,32,38-39H,2-7,10-11,13,15,18-20H2,1H3,(H,36,40,41)/t24-,26+,27-,30-,32+,34-,43?/m0/s1. The SMILES string of the molecule is C=C1[C@@H](O)[C@@H](O)CC[C@@H](CC)S(=C)(=O)NC(=O)c2ccc3c(c2)N(C[C@@H]2CC[C@@H]12)C[C@@]1(CCCc2cc(Cl)ccc21)CO3. The highest BCUT2D eigenvalue weighted by Gasteiger charge is 2.44. The number of ether oxygens (including phenoxy) is 1. The van der Waals surface area contributed by atoms with Gasteiger partial charge in [-0.3, -0.25) is 9.52 Å². The van der Waals surface area contributed by atoms with Crippen molar-refractivity contribution in [3.63, 3.8) is 0 Å². The number of aliphatic hydroxyl groups excluding tert-OH is 2. The molecule has 0 radical (unpaired) electrons. The average Bonchev–Trinajstić information content (AvgIpc) is 3.11. The molecule has 2 aliphatic heterocycles. The van der Waals surface area contributed by atoms with Crippen molar-refractivity contribution in [2.45, 2.75) is 81.2 Å². The minimum atomic E-state index is -3.03. The van der Waals surface area contributed by atoms with Gasteiger partial charge in [0.25, 0.3) is 5.91 Å². The van der Waals surface area contributed by atoms with E-state index < -0.39 is 33.1 Å². The fraction of sp³-hybridized carbons (Fsp3) is 0.529. The van der Waals surface area contributed by atoms with E-state index in [1.54, 1.807) is 6.07 Å². The van der Waals surface area contributed by atoms with Crippen LogP contribution >= 0.6 is 11.6 Å². The predicted octanol–water partition coefficient (Wildman–Crippen LogP) is 5.05. The van der Waals surface area contributed by atoms with E-state index in [4.69, 9.17) is 16.3 Å². The number of halogens is 1. The van der Waals surface area contributed by atoms with Crippen LogP contribution in [0, 0.1) is 11.8 Å². The highest BCUT2D eigenvalue weighted by Crippen LogP contribution is 2.47. The topological polar surface area (TPSA) is 99.1 Å². The van der Waals surface area contributed by atoms with Crippen LogP contribution in [0.1, 0.15) is 73.4 Å². The second-order valence-corrected chi connectivity index (χ2v) is 15.8. The molecule has 2 aliphatic carbocycles. The van der Waals surface area contributed by atoms with Gasteiger partial charge in [-0.2, -0.15) is 0 Å². The summed E-state index contributed by atoms with van der Waals surface area (Å²) < 4.78 is 23.0. The number of aliphatic hydroxyl groups is 2. The first-order valence-electron chi connectivity index (χ1n) is 15.5. The second-order valence-electron chi connectivity index (χ2n) is 13.1. The Hall–Kier alpha value is -2.52. The molecule has 0 aromatic heterocycles. The molecule has 9 heteroatoms. The lowest BCUT2D eigenvalue weighted by Gasteiger charge is -2.46. The first-order chi connectivity index (χ1) is 20.5. The van der Waals surface area contributed by atoms with E-state index >= 15 is 0 Å². The van der Waals surface area contributed by atoms with Crippen molar-refractivity contribution in [3.8, 4) is 5.75 Å². The van der Waals surface area contributed by atoms with Crippen molar-refractivity contribution in [1.29, 1.82) is 0 Å². The monoisotopic (exact) mass is 626 g/mol. The largest absolute Gasteiger partial charge is 0.490 e. The van der Waals surface area contributed by atoms with Crippen LogP contribution in [0.15, 0.2) is 48.6 Å². The van der Waals surface area contributed by atoms with Crippen LogP contribution in [-0.2, 0) is 21.5 Å². The van der Waals surface area contributed by atoms with Crippen molar-refractivity contribution in [3.05, 3.63) is 70.3 Å². The molecule has 7 atom stereocenters. The molecule has 1 saturated carbocycles. The minimum Gasteiger partial charge on any atom is -0.490 e. The molecule has 1 unspecified atom stereocenters. The first kappa shape index (κ1) is 30.5. The summed E-state index contributed by atoms with van der Waals surface area (Å²) in [6.07, 6.45) is 3.88. The lowest BCUT2D eigenvalue weighted by Crippen LogP contribution is -2.49. The number of hydrogen-bond donors (Lipinski definition) is 3. The van der Waals surface area contributed by atoms with Crippen molar-refractivity contribution < 1.29 is 24.0 Å². The minimum absolute atomic E-state index is 0.0732. The average molecular weight is 627 g/mol. The zero-order valence-corrected chi connectivity index (χ0v) is 26.5. The van der Waals surface area contributed by atoms with Gasteiger partial charge in [0.2, 0.25) is 0 Å². The molecule has 2 aromatic rings. The van der Waals surface area contributed by atoms with E-state index in [-0.39, 0.29) is 23.7 Å². The maximum absolute atomic E-state index is 13.7. The van der Waals surface area contributed by atoms with Crippen molar-refractivity contribution >= 4 is 38.8 Å². The molecule has 4 aliphatic rings. The third kappa shape index (κ3) is 5.72. The van der Waals surface area contributed by atoms with E-state index in [9.17, 15) is 19.2 Å². The Morgan fingerprint density at radius 1 is 1.16 bits per heavy atom. The molecule has 2 aromatic carbocycles. The van der Waals surface area contributed by atoms with Gasteiger partial charge in [-0.1, -0.05) is 31.2 Å². The zero-order chi connectivity index (χ0) is 30.5. The summed E-state index contributed by atoms with van der Waals surface area (Å²) in [5.41, 5.74) is 4.16. The van der Waals surface area contributed by atoms with Crippen molar-refractivity contribution in [1.82, 2.24) is 4.72 Å². The lowest BCUT2D eigenvalue weighted by molar-refractivity contribution is 0.0203. The summed E-state index contributed by atoms with van der Waals surface area (Å²) in [7, 11) is -3.03. The molecule has 2 bridgehead atoms. The molecule has 1 fully saturated rings. The lowest BCUT2D eigenvalue weighted by atomic mass is 9.67. The van der Waals surface area contributed by atoms with Crippen molar-refractivity contribution in [2.75, 3.05) is 24.6 Å². The number of fused-ring (bicyclic) bond motifs is 4. The van der Waals surface area contributed by atoms with Crippen LogP contribution in [0.25, 0.3) is 0 Å². The number of aryl methyl sites for hydroxylation is 1. The van der Waals surface area contributed by atoms with Gasteiger partial charge >= 0.3 is 0 Å². The number of benzene rings is 2. The number of anilines is 1. The van der Waals surface area contributed by atoms with Gasteiger partial charge in [0, 0.05) is 34.3 Å². The summed E-state index contributed by atoms with van der Waals surface area (Å²) in [5, 5.41) is 22.3. The summed E-state index contributed by atoms with van der Waals surface area (Å²) in [4.78, 5) is 15.9. The second kappa shape index (κ2) is 11.8. The molecule has 7 nitrogen and oxygen atoms in total. The van der Waals surface area contributed by atoms with Crippen molar-refractivity contribution in [2.24, 2.45) is 11.8 Å². The third-order valence-electron chi connectivity index (χ3n) is 10.4. The molecule has 3 N–H and O–H groups in total. The summed E-state index contributed by atoms with van der Waals surface area (Å²) >= 11 is 6.40. The van der Waals surface area contributed by atoms with E-state index in [0.29, 0.717) is 49.4 Å². The third-order valence-corrected chi connectivity index (χ3v) is 12.8. The highest BCUT2D eigenvalue weighted by atomic mass is 35.5. The Morgan fingerprint density at radius 2 is 1.98 bits per heavy atom. The van der Waals surface area contributed by atoms with Crippen LogP contribution in [0.4, 0.5) is 5.69 Å². The van der Waals surface area contributed by atoms with Gasteiger partial charge in [0.05, 0.1) is 28.1 Å². The van der Waals surface area contributed by atoms with Crippen LogP contribution in [0.3, 0.4) is 0 Å². The number of nitrogens with one attached hydrogen (secondary N) is 1. The van der Waals surface area contributed by atoms with E-state index in [1.807, 2.05) is 25.1 Å². The number of carbonyl (C=O) groups is 1. The Bertz CT molecular complexity index is 1530. The normalized spacial score (nSPS) is 34.7. The Labute approximate surface area is 260 Å². The van der Waals surface area contributed by atoms with Crippen LogP contribution in [0.2, 0.25) is 5.02 Å². The maximum Gasteiger partial charge on any atom is 0.262 e. The molecule has 1 spiro atoms. The molecule has 43 heavy (non-hydrogen) atoms. The molecule has 0 saturated heterocycles. The van der Waals surface area contributed by atoms with Gasteiger partial charge in [-0.05, 0) is 116 Å². The van der Waals surface area contributed by atoms with Gasteiger partial charge in [-0.15, -0.1) is 0 Å².